The van der Waals surface area contributed by atoms with Gasteiger partial charge in [0.15, 0.2) is 0 Å². The Morgan fingerprint density at radius 1 is 0.875 bits per heavy atom. The van der Waals surface area contributed by atoms with Crippen molar-refractivity contribution in [3.8, 4) is 0 Å². The highest BCUT2D eigenvalue weighted by atomic mass is 16.2. The normalized spacial score (nSPS) is 9.78. The summed E-state index contributed by atoms with van der Waals surface area (Å²) in [4.78, 5) is 19.2. The van der Waals surface area contributed by atoms with Crippen molar-refractivity contribution in [2.75, 3.05) is 7.11 Å². The summed E-state index contributed by atoms with van der Waals surface area (Å²) in [6.45, 7) is 20.6. The second kappa shape index (κ2) is 21.7. The van der Waals surface area contributed by atoms with Gasteiger partial charge in [0.05, 0.1) is 0 Å². The van der Waals surface area contributed by atoms with Crippen molar-refractivity contribution in [3.05, 3.63) is 74.8 Å². The van der Waals surface area contributed by atoms with Crippen LogP contribution in [0.1, 0.15) is 91.7 Å². The maximum absolute atomic E-state index is 11.2. The average Bonchev–Trinajstić information content (AvgIpc) is 3.28. The van der Waals surface area contributed by atoms with Gasteiger partial charge in [-0.05, 0) is 67.9 Å². The maximum atomic E-state index is 11.2. The fraction of sp³-hybridized carbons (Fsp3) is 0.448. The minimum absolute atomic E-state index is 0.839. The number of rotatable bonds is 4. The molecule has 0 saturated heterocycles. The zero-order valence-electron chi connectivity index (χ0n) is 22.1. The molecule has 3 heteroatoms. The molecule has 3 nitrogen and oxygen atoms in total. The van der Waals surface area contributed by atoms with E-state index in [0.717, 1.165) is 38.2 Å². The molecule has 3 rings (SSSR count). The third-order valence-electron chi connectivity index (χ3n) is 4.68. The molecule has 0 atom stereocenters. The Morgan fingerprint density at radius 3 is 1.84 bits per heavy atom. The van der Waals surface area contributed by atoms with Crippen LogP contribution in [0.15, 0.2) is 35.9 Å². The Hall–Kier alpha value is -2.52. The molecule has 32 heavy (non-hydrogen) atoms. The highest BCUT2D eigenvalue weighted by Crippen LogP contribution is 2.30. The molecule has 2 aromatic carbocycles. The summed E-state index contributed by atoms with van der Waals surface area (Å²) in [6, 6.07) is 10.5. The number of hydrogen-bond acceptors (Lipinski definition) is 3. The predicted molar refractivity (Wildman–Crippen MR) is 142 cm³/mol. The SMILES string of the molecule is C=O.CC.CC.CC.CO.Cc1cc(C)c(CCC2=Cc3cccc(C=O)c3C2)c(C)c1. The van der Waals surface area contributed by atoms with Gasteiger partial charge in [0.1, 0.15) is 13.1 Å². The van der Waals surface area contributed by atoms with Crippen LogP contribution in [-0.4, -0.2) is 25.3 Å². The van der Waals surface area contributed by atoms with Crippen LogP contribution >= 0.6 is 0 Å². The number of benzene rings is 2. The van der Waals surface area contributed by atoms with E-state index in [4.69, 9.17) is 9.90 Å². The van der Waals surface area contributed by atoms with Gasteiger partial charge in [0.2, 0.25) is 0 Å². The number of aliphatic hydroxyl groups excluding tert-OH is 1. The lowest BCUT2D eigenvalue weighted by Crippen LogP contribution is -1.98. The van der Waals surface area contributed by atoms with Crippen molar-refractivity contribution in [2.45, 2.75) is 81.6 Å². The van der Waals surface area contributed by atoms with Gasteiger partial charge < -0.3 is 9.90 Å². The topological polar surface area (TPSA) is 54.4 Å². The van der Waals surface area contributed by atoms with Crippen molar-refractivity contribution < 1.29 is 14.7 Å². The second-order valence-corrected chi connectivity index (χ2v) is 6.39. The lowest BCUT2D eigenvalue weighted by molar-refractivity contribution is -0.0980. The fourth-order valence-corrected chi connectivity index (χ4v) is 3.62. The van der Waals surface area contributed by atoms with E-state index < -0.39 is 0 Å². The van der Waals surface area contributed by atoms with Gasteiger partial charge in [-0.3, -0.25) is 4.79 Å². The van der Waals surface area contributed by atoms with Crippen LogP contribution in [-0.2, 0) is 17.6 Å². The third kappa shape index (κ3) is 10.7. The molecule has 0 unspecified atom stereocenters. The van der Waals surface area contributed by atoms with Crippen molar-refractivity contribution in [1.82, 2.24) is 0 Å². The Labute approximate surface area is 197 Å². The largest absolute Gasteiger partial charge is 0.400 e. The summed E-state index contributed by atoms with van der Waals surface area (Å²) >= 11 is 0. The molecule has 0 heterocycles. The van der Waals surface area contributed by atoms with Crippen molar-refractivity contribution in [2.24, 2.45) is 0 Å². The summed E-state index contributed by atoms with van der Waals surface area (Å²) in [5, 5.41) is 7.00. The molecule has 0 amide bonds. The van der Waals surface area contributed by atoms with E-state index in [0.29, 0.717) is 0 Å². The maximum Gasteiger partial charge on any atom is 0.150 e. The number of hydrogen-bond donors (Lipinski definition) is 1. The fourth-order valence-electron chi connectivity index (χ4n) is 3.62. The molecule has 0 fully saturated rings. The smallest absolute Gasteiger partial charge is 0.150 e. The quantitative estimate of drug-likeness (QED) is 0.499. The van der Waals surface area contributed by atoms with E-state index in [1.807, 2.05) is 60.5 Å². The highest BCUT2D eigenvalue weighted by molar-refractivity contribution is 5.82. The van der Waals surface area contributed by atoms with Crippen LogP contribution in [0.2, 0.25) is 0 Å². The Morgan fingerprint density at radius 2 is 1.38 bits per heavy atom. The van der Waals surface area contributed by atoms with Crippen molar-refractivity contribution in [1.29, 1.82) is 0 Å². The van der Waals surface area contributed by atoms with Crippen LogP contribution in [0.4, 0.5) is 0 Å². The summed E-state index contributed by atoms with van der Waals surface area (Å²) in [7, 11) is 1.00. The minimum Gasteiger partial charge on any atom is -0.400 e. The molecule has 2 aromatic rings. The first-order valence-electron chi connectivity index (χ1n) is 11.7. The standard InChI is InChI=1S/C21H22O.3C2H6.CH4O.CH2O/c1-14-9-15(2)20(16(3)10-14)8-7-17-11-18-5-4-6-19(13-22)21(18)12-17;5*1-2/h4-6,9-11,13H,7-8,12H2,1-3H3;3*1-2H3;2H,1H3;1H2. The summed E-state index contributed by atoms with van der Waals surface area (Å²) < 4.78 is 0. The van der Waals surface area contributed by atoms with E-state index in [1.54, 1.807) is 0 Å². The van der Waals surface area contributed by atoms with Crippen LogP contribution < -0.4 is 0 Å². The van der Waals surface area contributed by atoms with Gasteiger partial charge in [-0.15, -0.1) is 0 Å². The minimum atomic E-state index is 0.839. The number of aliphatic hydroxyl groups is 1. The third-order valence-corrected chi connectivity index (χ3v) is 4.68. The first-order chi connectivity index (χ1) is 15.6. The molecule has 0 radical (unpaired) electrons. The highest BCUT2D eigenvalue weighted by Gasteiger charge is 2.16. The first-order valence-corrected chi connectivity index (χ1v) is 11.7. The molecule has 0 aliphatic heterocycles. The van der Waals surface area contributed by atoms with E-state index in [9.17, 15) is 4.79 Å². The first kappa shape index (κ1) is 34.1. The Balaban J connectivity index is -0.000000744. The number of allylic oxidation sites excluding steroid dienone is 1. The molecular weight excluding hydrogens is 396 g/mol. The van der Waals surface area contributed by atoms with Gasteiger partial charge in [-0.2, -0.15) is 0 Å². The van der Waals surface area contributed by atoms with E-state index in [-0.39, 0.29) is 0 Å². The Bertz CT molecular complexity index is 766. The average molecular weight is 443 g/mol. The Kier molecular flexibility index (Phi) is 23.1. The van der Waals surface area contributed by atoms with Crippen molar-refractivity contribution >= 4 is 19.2 Å². The lowest BCUT2D eigenvalue weighted by Gasteiger charge is -2.12. The van der Waals surface area contributed by atoms with Crippen LogP contribution in [0.3, 0.4) is 0 Å². The van der Waals surface area contributed by atoms with Gasteiger partial charge in [-0.25, -0.2) is 0 Å². The number of aldehydes is 1. The zero-order chi connectivity index (χ0) is 25.7. The van der Waals surface area contributed by atoms with E-state index >= 15 is 0 Å². The van der Waals surface area contributed by atoms with E-state index in [1.165, 1.54) is 39.0 Å². The van der Waals surface area contributed by atoms with Gasteiger partial charge in [0.25, 0.3) is 0 Å². The van der Waals surface area contributed by atoms with Crippen LogP contribution in [0.5, 0.6) is 0 Å². The summed E-state index contributed by atoms with van der Waals surface area (Å²) in [5.41, 5.74) is 10.3. The molecule has 1 aliphatic rings. The number of aryl methyl sites for hydroxylation is 3. The monoisotopic (exact) mass is 442 g/mol. The van der Waals surface area contributed by atoms with Gasteiger partial charge in [-0.1, -0.05) is 89.1 Å². The number of carbonyl (C=O) groups is 2. The molecule has 0 aromatic heterocycles. The van der Waals surface area contributed by atoms with Gasteiger partial charge >= 0.3 is 0 Å². The van der Waals surface area contributed by atoms with Crippen LogP contribution in [0.25, 0.3) is 6.08 Å². The number of carbonyl (C=O) groups excluding carboxylic acids is 2. The summed E-state index contributed by atoms with van der Waals surface area (Å²) in [6.07, 6.45) is 6.31. The molecule has 0 spiro atoms. The molecule has 1 N–H and O–H groups in total. The molecule has 0 saturated carbocycles. The lowest BCUT2D eigenvalue weighted by atomic mass is 9.94. The molecule has 1 aliphatic carbocycles. The predicted octanol–water partition coefficient (Wildman–Crippen LogP) is 7.50. The summed E-state index contributed by atoms with van der Waals surface area (Å²) in [5.74, 6) is 0. The molecule has 0 bridgehead atoms. The second-order valence-electron chi connectivity index (χ2n) is 6.39. The van der Waals surface area contributed by atoms with Crippen molar-refractivity contribution in [3.63, 3.8) is 0 Å². The molecular formula is C29H46O3. The van der Waals surface area contributed by atoms with Gasteiger partial charge in [0, 0.05) is 12.7 Å². The van der Waals surface area contributed by atoms with E-state index in [2.05, 4.69) is 45.0 Å². The van der Waals surface area contributed by atoms with Crippen LogP contribution in [0, 0.1) is 20.8 Å². The zero-order valence-corrected chi connectivity index (χ0v) is 22.1. The number of fused-ring (bicyclic) bond motifs is 1. The molecule has 180 valence electrons.